The number of benzene rings is 1. The summed E-state index contributed by atoms with van der Waals surface area (Å²) in [5, 5.41) is 2.70. The fourth-order valence-corrected chi connectivity index (χ4v) is 2.98. The van der Waals surface area contributed by atoms with E-state index in [0.29, 0.717) is 23.1 Å². The summed E-state index contributed by atoms with van der Waals surface area (Å²) in [6.07, 6.45) is -4.03. The molecule has 0 aliphatic carbocycles. The van der Waals surface area contributed by atoms with E-state index in [-0.39, 0.29) is 17.1 Å². The lowest BCUT2D eigenvalue weighted by Crippen LogP contribution is -2.43. The molecule has 1 heterocycles. The molecule has 29 heavy (non-hydrogen) atoms. The van der Waals surface area contributed by atoms with Gasteiger partial charge in [0.05, 0.1) is 11.6 Å². The lowest BCUT2D eigenvalue weighted by molar-refractivity contribution is -0.153. The van der Waals surface area contributed by atoms with Gasteiger partial charge in [0, 0.05) is 0 Å². The first-order valence-electron chi connectivity index (χ1n) is 9.14. The monoisotopic (exact) mass is 414 g/mol. The van der Waals surface area contributed by atoms with E-state index >= 15 is 0 Å². The van der Waals surface area contributed by atoms with E-state index in [0.717, 1.165) is 0 Å². The largest absolute Gasteiger partial charge is 0.484 e. The molecule has 1 aromatic rings. The van der Waals surface area contributed by atoms with Crippen LogP contribution in [0.1, 0.15) is 44.4 Å². The Labute approximate surface area is 167 Å². The smallest absolute Gasteiger partial charge is 0.422 e. The molecule has 0 bridgehead atoms. The minimum Gasteiger partial charge on any atom is -0.484 e. The minimum absolute atomic E-state index is 0.0501. The van der Waals surface area contributed by atoms with E-state index in [1.165, 1.54) is 26.0 Å². The van der Waals surface area contributed by atoms with Gasteiger partial charge in [-0.05, 0) is 62.9 Å². The molecule has 1 aliphatic rings. The average Bonchev–Trinajstić information content (AvgIpc) is 2.84. The highest BCUT2D eigenvalue weighted by atomic mass is 19.4. The zero-order chi connectivity index (χ0) is 22.1. The van der Waals surface area contributed by atoms with Gasteiger partial charge in [-0.1, -0.05) is 6.92 Å². The van der Waals surface area contributed by atoms with Crippen LogP contribution in [0.2, 0.25) is 0 Å². The highest BCUT2D eigenvalue weighted by Gasteiger charge is 2.37. The van der Waals surface area contributed by atoms with E-state index in [9.17, 15) is 22.8 Å². The maximum absolute atomic E-state index is 12.6. The molecular weight excluding hydrogens is 389 g/mol. The average molecular weight is 414 g/mol. The molecule has 160 valence electrons. The summed E-state index contributed by atoms with van der Waals surface area (Å²) in [6.45, 7) is 6.68. The summed E-state index contributed by atoms with van der Waals surface area (Å²) in [5.41, 5.74) is 6.33. The Morgan fingerprint density at radius 1 is 1.28 bits per heavy atom. The van der Waals surface area contributed by atoms with Crippen molar-refractivity contribution in [1.82, 2.24) is 5.32 Å². The van der Waals surface area contributed by atoms with E-state index in [4.69, 9.17) is 15.2 Å². The number of alkyl halides is 3. The highest BCUT2D eigenvalue weighted by Crippen LogP contribution is 2.35. The number of hydrogen-bond donors (Lipinski definition) is 2. The maximum atomic E-state index is 12.6. The van der Waals surface area contributed by atoms with Crippen molar-refractivity contribution in [2.45, 2.75) is 58.8 Å². The zero-order valence-corrected chi connectivity index (χ0v) is 17.0. The van der Waals surface area contributed by atoms with Crippen molar-refractivity contribution in [3.63, 3.8) is 0 Å². The van der Waals surface area contributed by atoms with Gasteiger partial charge in [-0.25, -0.2) is 4.79 Å². The molecule has 0 spiro atoms. The van der Waals surface area contributed by atoms with E-state index in [1.54, 1.807) is 20.8 Å². The van der Waals surface area contributed by atoms with Crippen LogP contribution in [0.3, 0.4) is 0 Å². The van der Waals surface area contributed by atoms with Gasteiger partial charge in [0.1, 0.15) is 17.0 Å². The third kappa shape index (κ3) is 5.29. The van der Waals surface area contributed by atoms with E-state index < -0.39 is 36.2 Å². The predicted molar refractivity (Wildman–Crippen MR) is 101 cm³/mol. The fourth-order valence-electron chi connectivity index (χ4n) is 2.98. The van der Waals surface area contributed by atoms with Crippen molar-refractivity contribution in [2.24, 2.45) is 5.73 Å². The normalized spacial score (nSPS) is 17.4. The summed E-state index contributed by atoms with van der Waals surface area (Å²) < 4.78 is 47.7. The van der Waals surface area contributed by atoms with Crippen LogP contribution in [-0.2, 0) is 20.7 Å². The number of halogens is 3. The molecule has 2 rings (SSSR count). The maximum Gasteiger partial charge on any atom is 0.422 e. The number of aryl methyl sites for hydroxylation is 2. The van der Waals surface area contributed by atoms with Crippen molar-refractivity contribution < 1.29 is 32.2 Å². The number of carbonyl (C=O) groups is 2. The quantitative estimate of drug-likeness (QED) is 0.699. The van der Waals surface area contributed by atoms with Crippen molar-refractivity contribution >= 4 is 17.4 Å². The molecule has 0 fully saturated rings. The van der Waals surface area contributed by atoms with Gasteiger partial charge >= 0.3 is 12.1 Å². The van der Waals surface area contributed by atoms with Crippen LogP contribution >= 0.6 is 0 Å². The Hall–Kier alpha value is -2.55. The van der Waals surface area contributed by atoms with Crippen LogP contribution < -0.4 is 15.8 Å². The Morgan fingerprint density at radius 2 is 1.90 bits per heavy atom. The number of esters is 1. The Bertz CT molecular complexity index is 855. The molecule has 0 aromatic heterocycles. The van der Waals surface area contributed by atoms with E-state index in [2.05, 4.69) is 5.32 Å². The molecule has 6 nitrogen and oxygen atoms in total. The molecule has 9 heteroatoms. The molecule has 1 aliphatic heterocycles. The third-order valence-corrected chi connectivity index (χ3v) is 4.37. The summed E-state index contributed by atoms with van der Waals surface area (Å²) in [4.78, 5) is 24.9. The third-order valence-electron chi connectivity index (χ3n) is 4.37. The number of nitrogens with two attached hydrogens (primary N) is 1. The number of hydrogen-bond acceptors (Lipinski definition) is 5. The number of amides is 1. The van der Waals surface area contributed by atoms with Crippen LogP contribution in [0.25, 0.3) is 5.57 Å². The SMILES string of the molecule is CCc1cc(OCC(F)(F)F)cc(C)c1C1=C(OC(=O)C(C)(C)N)C(C)NC1=O. The predicted octanol–water partition coefficient (Wildman–Crippen LogP) is 3.01. The van der Waals surface area contributed by atoms with Crippen LogP contribution in [-0.4, -0.2) is 36.2 Å². The molecule has 1 aromatic carbocycles. The molecule has 1 unspecified atom stereocenters. The van der Waals surface area contributed by atoms with Crippen molar-refractivity contribution in [3.05, 3.63) is 34.6 Å². The van der Waals surface area contributed by atoms with Gasteiger partial charge in [-0.2, -0.15) is 13.2 Å². The van der Waals surface area contributed by atoms with Crippen molar-refractivity contribution in [1.29, 1.82) is 0 Å². The number of rotatable bonds is 6. The van der Waals surface area contributed by atoms with Gasteiger partial charge in [0.25, 0.3) is 5.91 Å². The molecule has 1 amide bonds. The summed E-state index contributed by atoms with van der Waals surface area (Å²) >= 11 is 0. The van der Waals surface area contributed by atoms with Gasteiger partial charge in [-0.15, -0.1) is 0 Å². The standard InChI is InChI=1S/C20H25F3N2O4/c1-6-12-8-13(28-9-20(21,22)23)7-10(2)14(12)15-16(11(3)25-17(15)26)29-18(27)19(4,5)24/h7-8,11H,6,9,24H2,1-5H3,(H,25,26). The molecule has 0 saturated heterocycles. The first-order chi connectivity index (χ1) is 13.2. The molecular formula is C20H25F3N2O4. The molecule has 0 radical (unpaired) electrons. The second-order valence-electron chi connectivity index (χ2n) is 7.58. The van der Waals surface area contributed by atoms with Gasteiger partial charge in [-0.3, -0.25) is 4.79 Å². The van der Waals surface area contributed by atoms with Gasteiger partial charge in [0.15, 0.2) is 6.61 Å². The Kier molecular flexibility index (Phi) is 6.32. The first-order valence-corrected chi connectivity index (χ1v) is 9.14. The Morgan fingerprint density at radius 3 is 2.41 bits per heavy atom. The second-order valence-corrected chi connectivity index (χ2v) is 7.58. The Balaban J connectivity index is 2.54. The second kappa shape index (κ2) is 8.06. The summed E-state index contributed by atoms with van der Waals surface area (Å²) in [6, 6.07) is 2.33. The first kappa shape index (κ1) is 22.7. The summed E-state index contributed by atoms with van der Waals surface area (Å²) in [7, 11) is 0. The fraction of sp³-hybridized carbons (Fsp3) is 0.500. The minimum atomic E-state index is -4.46. The molecule has 0 saturated carbocycles. The van der Waals surface area contributed by atoms with Gasteiger partial charge < -0.3 is 20.5 Å². The van der Waals surface area contributed by atoms with Crippen LogP contribution in [0.4, 0.5) is 13.2 Å². The lowest BCUT2D eigenvalue weighted by Gasteiger charge is -2.20. The summed E-state index contributed by atoms with van der Waals surface area (Å²) in [5.74, 6) is -0.944. The highest BCUT2D eigenvalue weighted by molar-refractivity contribution is 6.23. The zero-order valence-electron chi connectivity index (χ0n) is 17.0. The molecule has 3 N–H and O–H groups in total. The van der Waals surface area contributed by atoms with Crippen molar-refractivity contribution in [2.75, 3.05) is 6.61 Å². The van der Waals surface area contributed by atoms with Gasteiger partial charge in [0.2, 0.25) is 0 Å². The van der Waals surface area contributed by atoms with Crippen LogP contribution in [0, 0.1) is 6.92 Å². The van der Waals surface area contributed by atoms with Crippen molar-refractivity contribution in [3.8, 4) is 5.75 Å². The topological polar surface area (TPSA) is 90.7 Å². The number of nitrogens with one attached hydrogen (secondary N) is 1. The lowest BCUT2D eigenvalue weighted by atomic mass is 9.92. The van der Waals surface area contributed by atoms with E-state index in [1.807, 2.05) is 0 Å². The van der Waals surface area contributed by atoms with Crippen LogP contribution in [0.15, 0.2) is 17.9 Å². The number of ether oxygens (including phenoxy) is 2. The number of carbonyl (C=O) groups excluding carboxylic acids is 2. The molecule has 1 atom stereocenters. The van der Waals surface area contributed by atoms with Crippen LogP contribution in [0.5, 0.6) is 5.75 Å².